The molecule has 108 valence electrons. The molecule has 0 spiro atoms. The molecule has 0 saturated heterocycles. The van der Waals surface area contributed by atoms with Crippen molar-refractivity contribution in [2.24, 2.45) is 0 Å². The predicted octanol–water partition coefficient (Wildman–Crippen LogP) is 5.18. The van der Waals surface area contributed by atoms with Gasteiger partial charge in [0.1, 0.15) is 5.01 Å². The molecule has 0 aliphatic carbocycles. The SMILES string of the molecule is CC(C)c1ccccc1NCc1nc(C(C)(C)C)cs1. The minimum absolute atomic E-state index is 0.130. The Morgan fingerprint density at radius 2 is 1.90 bits per heavy atom. The normalized spacial score (nSPS) is 11.9. The van der Waals surface area contributed by atoms with Crippen LogP contribution in [-0.2, 0) is 12.0 Å². The van der Waals surface area contributed by atoms with E-state index in [0.717, 1.165) is 11.6 Å². The standard InChI is InChI=1S/C17H24N2S/c1-12(2)13-8-6-7-9-14(13)18-10-16-19-15(11-20-16)17(3,4)5/h6-9,11-12,18H,10H2,1-5H3. The number of aromatic nitrogens is 1. The molecule has 1 aromatic carbocycles. The number of thiazole rings is 1. The summed E-state index contributed by atoms with van der Waals surface area (Å²) in [6, 6.07) is 8.52. The highest BCUT2D eigenvalue weighted by Gasteiger charge is 2.17. The average Bonchev–Trinajstić information content (AvgIpc) is 2.85. The summed E-state index contributed by atoms with van der Waals surface area (Å²) in [5.74, 6) is 0.528. The Balaban J connectivity index is 2.08. The van der Waals surface area contributed by atoms with Gasteiger partial charge in [0, 0.05) is 16.5 Å². The maximum atomic E-state index is 4.73. The largest absolute Gasteiger partial charge is 0.378 e. The monoisotopic (exact) mass is 288 g/mol. The van der Waals surface area contributed by atoms with Gasteiger partial charge in [-0.3, -0.25) is 0 Å². The van der Waals surface area contributed by atoms with Gasteiger partial charge in [-0.05, 0) is 17.5 Å². The highest BCUT2D eigenvalue weighted by atomic mass is 32.1. The molecule has 0 bridgehead atoms. The molecule has 0 aliphatic rings. The summed E-state index contributed by atoms with van der Waals surface area (Å²) >= 11 is 1.74. The summed E-state index contributed by atoms with van der Waals surface area (Å²) < 4.78 is 0. The first-order chi connectivity index (χ1) is 9.38. The minimum atomic E-state index is 0.130. The van der Waals surface area contributed by atoms with Crippen molar-refractivity contribution < 1.29 is 0 Å². The van der Waals surface area contributed by atoms with Gasteiger partial charge in [0.25, 0.3) is 0 Å². The van der Waals surface area contributed by atoms with Gasteiger partial charge < -0.3 is 5.32 Å². The van der Waals surface area contributed by atoms with Crippen LogP contribution in [0.5, 0.6) is 0 Å². The van der Waals surface area contributed by atoms with Crippen molar-refractivity contribution in [2.45, 2.75) is 52.5 Å². The molecule has 1 heterocycles. The zero-order chi connectivity index (χ0) is 14.8. The Labute approximate surface area is 126 Å². The summed E-state index contributed by atoms with van der Waals surface area (Å²) in [6.45, 7) is 11.8. The molecule has 2 aromatic rings. The number of nitrogens with zero attached hydrogens (tertiary/aromatic N) is 1. The van der Waals surface area contributed by atoms with Crippen LogP contribution in [0.3, 0.4) is 0 Å². The van der Waals surface area contributed by atoms with E-state index in [1.54, 1.807) is 11.3 Å². The molecule has 2 nitrogen and oxygen atoms in total. The van der Waals surface area contributed by atoms with E-state index in [9.17, 15) is 0 Å². The van der Waals surface area contributed by atoms with Crippen LogP contribution in [0.25, 0.3) is 0 Å². The van der Waals surface area contributed by atoms with Crippen molar-refractivity contribution in [1.82, 2.24) is 4.98 Å². The first kappa shape index (κ1) is 15.0. The number of anilines is 1. The smallest absolute Gasteiger partial charge is 0.112 e. The van der Waals surface area contributed by atoms with Gasteiger partial charge in [-0.15, -0.1) is 11.3 Å². The second-order valence-corrected chi connectivity index (χ2v) is 7.41. The van der Waals surface area contributed by atoms with Crippen LogP contribution < -0.4 is 5.32 Å². The molecule has 0 radical (unpaired) electrons. The molecule has 1 N–H and O–H groups in total. The highest BCUT2D eigenvalue weighted by molar-refractivity contribution is 7.09. The Hall–Kier alpha value is -1.35. The molecule has 0 aliphatic heterocycles. The topological polar surface area (TPSA) is 24.9 Å². The van der Waals surface area contributed by atoms with Crippen molar-refractivity contribution in [3.63, 3.8) is 0 Å². The van der Waals surface area contributed by atoms with Gasteiger partial charge in [-0.1, -0.05) is 52.8 Å². The lowest BCUT2D eigenvalue weighted by atomic mass is 9.93. The summed E-state index contributed by atoms with van der Waals surface area (Å²) in [7, 11) is 0. The molecular formula is C17H24N2S. The zero-order valence-corrected chi connectivity index (χ0v) is 13.8. The average molecular weight is 288 g/mol. The Morgan fingerprint density at radius 1 is 1.20 bits per heavy atom. The van der Waals surface area contributed by atoms with Crippen LogP contribution in [-0.4, -0.2) is 4.98 Å². The van der Waals surface area contributed by atoms with Crippen LogP contribution in [0.15, 0.2) is 29.6 Å². The van der Waals surface area contributed by atoms with Crippen molar-refractivity contribution >= 4 is 17.0 Å². The first-order valence-corrected chi connectivity index (χ1v) is 8.03. The molecule has 0 amide bonds. The second-order valence-electron chi connectivity index (χ2n) is 6.47. The summed E-state index contributed by atoms with van der Waals surface area (Å²) in [5, 5.41) is 6.84. The lowest BCUT2D eigenvalue weighted by Gasteiger charge is -2.15. The second kappa shape index (κ2) is 5.96. The van der Waals surface area contributed by atoms with Crippen LogP contribution >= 0.6 is 11.3 Å². The summed E-state index contributed by atoms with van der Waals surface area (Å²) in [6.07, 6.45) is 0. The molecule has 3 heteroatoms. The third-order valence-electron chi connectivity index (χ3n) is 3.33. The molecule has 0 saturated carbocycles. The number of benzene rings is 1. The lowest BCUT2D eigenvalue weighted by molar-refractivity contribution is 0.571. The quantitative estimate of drug-likeness (QED) is 0.839. The van der Waals surface area contributed by atoms with E-state index in [-0.39, 0.29) is 5.41 Å². The molecular weight excluding hydrogens is 264 g/mol. The fourth-order valence-corrected chi connectivity index (χ4v) is 3.03. The van der Waals surface area contributed by atoms with Gasteiger partial charge >= 0.3 is 0 Å². The van der Waals surface area contributed by atoms with E-state index >= 15 is 0 Å². The molecule has 1 aromatic heterocycles. The maximum absolute atomic E-state index is 4.73. The number of hydrogen-bond acceptors (Lipinski definition) is 3. The van der Waals surface area contributed by atoms with Gasteiger partial charge in [0.15, 0.2) is 0 Å². The lowest BCUT2D eigenvalue weighted by Crippen LogP contribution is -2.12. The fourth-order valence-electron chi connectivity index (χ4n) is 2.07. The fraction of sp³-hybridized carbons (Fsp3) is 0.471. The molecule has 0 atom stereocenters. The van der Waals surface area contributed by atoms with E-state index in [4.69, 9.17) is 4.98 Å². The number of rotatable bonds is 4. The Morgan fingerprint density at radius 3 is 2.50 bits per heavy atom. The van der Waals surface area contributed by atoms with E-state index in [1.807, 2.05) is 0 Å². The maximum Gasteiger partial charge on any atom is 0.112 e. The van der Waals surface area contributed by atoms with E-state index in [0.29, 0.717) is 5.92 Å². The molecule has 20 heavy (non-hydrogen) atoms. The third-order valence-corrected chi connectivity index (χ3v) is 4.18. The van der Waals surface area contributed by atoms with E-state index < -0.39 is 0 Å². The van der Waals surface area contributed by atoms with Crippen LogP contribution in [0.4, 0.5) is 5.69 Å². The summed E-state index contributed by atoms with van der Waals surface area (Å²) in [4.78, 5) is 4.73. The van der Waals surface area contributed by atoms with E-state index in [1.165, 1.54) is 16.9 Å². The van der Waals surface area contributed by atoms with Crippen molar-refractivity contribution in [3.05, 3.63) is 45.9 Å². The van der Waals surface area contributed by atoms with Crippen LogP contribution in [0.1, 0.15) is 56.8 Å². The van der Waals surface area contributed by atoms with Gasteiger partial charge in [-0.2, -0.15) is 0 Å². The van der Waals surface area contributed by atoms with Crippen molar-refractivity contribution in [1.29, 1.82) is 0 Å². The van der Waals surface area contributed by atoms with Crippen LogP contribution in [0, 0.1) is 0 Å². The van der Waals surface area contributed by atoms with Gasteiger partial charge in [-0.25, -0.2) is 4.98 Å². The van der Waals surface area contributed by atoms with E-state index in [2.05, 4.69) is 69.6 Å². The predicted molar refractivity (Wildman–Crippen MR) is 88.7 cm³/mol. The Kier molecular flexibility index (Phi) is 4.48. The number of para-hydroxylation sites is 1. The highest BCUT2D eigenvalue weighted by Crippen LogP contribution is 2.26. The zero-order valence-electron chi connectivity index (χ0n) is 13.0. The van der Waals surface area contributed by atoms with Crippen molar-refractivity contribution in [3.8, 4) is 0 Å². The molecule has 2 rings (SSSR count). The summed E-state index contributed by atoms with van der Waals surface area (Å²) in [5.41, 5.74) is 3.89. The number of hydrogen-bond donors (Lipinski definition) is 1. The number of nitrogens with one attached hydrogen (secondary N) is 1. The molecule has 0 unspecified atom stereocenters. The first-order valence-electron chi connectivity index (χ1n) is 7.15. The van der Waals surface area contributed by atoms with Crippen molar-refractivity contribution in [2.75, 3.05) is 5.32 Å². The van der Waals surface area contributed by atoms with Crippen LogP contribution in [0.2, 0.25) is 0 Å². The minimum Gasteiger partial charge on any atom is -0.378 e. The Bertz CT molecular complexity index is 564. The van der Waals surface area contributed by atoms with Gasteiger partial charge in [0.05, 0.1) is 12.2 Å². The third kappa shape index (κ3) is 3.60. The van der Waals surface area contributed by atoms with Gasteiger partial charge in [0.2, 0.25) is 0 Å². The molecule has 0 fully saturated rings.